The summed E-state index contributed by atoms with van der Waals surface area (Å²) in [6.45, 7) is 5.98. The van der Waals surface area contributed by atoms with Crippen molar-refractivity contribution in [2.45, 2.75) is 79.0 Å². The van der Waals surface area contributed by atoms with Crippen LogP contribution in [0.5, 0.6) is 23.5 Å². The van der Waals surface area contributed by atoms with Gasteiger partial charge in [0.05, 0.1) is 55.5 Å². The van der Waals surface area contributed by atoms with Crippen molar-refractivity contribution >= 4 is 43.8 Å². The highest BCUT2D eigenvalue weighted by molar-refractivity contribution is 9.10. The number of carboxylic acid groups (broad SMARTS) is 2. The van der Waals surface area contributed by atoms with Crippen molar-refractivity contribution in [2.75, 3.05) is 13.1 Å². The molecule has 0 spiro atoms. The normalized spacial score (nSPS) is 10.6. The Balaban J connectivity index is 1.19. The zero-order valence-corrected chi connectivity index (χ0v) is 42.5. The number of carboxylic acids is 2. The first-order valence-corrected chi connectivity index (χ1v) is 24.2. The van der Waals surface area contributed by atoms with E-state index in [1.54, 1.807) is 24.3 Å². The summed E-state index contributed by atoms with van der Waals surface area (Å²) in [5.41, 5.74) is 9.67. The van der Waals surface area contributed by atoms with Gasteiger partial charge < -0.3 is 39.8 Å². The van der Waals surface area contributed by atoms with Gasteiger partial charge in [0.15, 0.2) is 0 Å². The van der Waals surface area contributed by atoms with Crippen LogP contribution in [0.15, 0.2) is 93.9 Å². The molecule has 6 aromatic rings. The Kier molecular flexibility index (Phi) is 19.6. The van der Waals surface area contributed by atoms with E-state index >= 15 is 0 Å². The fraction of sp³-hybridized carbons (Fsp3) is 0.259. The third kappa shape index (κ3) is 15.1. The molecule has 6 rings (SSSR count). The maximum atomic E-state index is 11.0. The molecule has 0 aliphatic heterocycles. The smallest absolute Gasteiger partial charge is 0.303 e. The molecule has 0 radical (unpaired) electrons. The van der Waals surface area contributed by atoms with Crippen LogP contribution in [0.4, 0.5) is 0 Å². The Labute approximate surface area is 433 Å². The van der Waals surface area contributed by atoms with Crippen molar-refractivity contribution in [3.63, 3.8) is 0 Å². The van der Waals surface area contributed by atoms with E-state index in [1.807, 2.05) is 62.4 Å². The summed E-state index contributed by atoms with van der Waals surface area (Å²) in [5, 5.41) is 62.6. The first-order valence-electron chi connectivity index (χ1n) is 22.6. The van der Waals surface area contributed by atoms with E-state index in [1.165, 1.54) is 12.1 Å². The molecular formula is C54H48Br2N8O8. The lowest BCUT2D eigenvalue weighted by Crippen LogP contribution is -2.17. The van der Waals surface area contributed by atoms with Crippen LogP contribution in [0.3, 0.4) is 0 Å². The minimum absolute atomic E-state index is 0.0208. The highest BCUT2D eigenvalue weighted by atomic mass is 79.9. The average Bonchev–Trinajstić information content (AvgIpc) is 3.37. The molecule has 0 fully saturated rings. The quantitative estimate of drug-likeness (QED) is 0.0389. The minimum Gasteiger partial charge on any atom is -0.481 e. The fourth-order valence-electron chi connectivity index (χ4n) is 7.54. The first-order chi connectivity index (χ1) is 34.8. The second kappa shape index (κ2) is 26.4. The number of carbonyl (C=O) groups is 2. The molecule has 0 amide bonds. The average molecular weight is 1100 g/mol. The summed E-state index contributed by atoms with van der Waals surface area (Å²) in [4.78, 5) is 31.6. The zero-order chi connectivity index (χ0) is 51.6. The van der Waals surface area contributed by atoms with Crippen LogP contribution in [-0.4, -0.2) is 45.2 Å². The highest BCUT2D eigenvalue weighted by Gasteiger charge is 2.19. The van der Waals surface area contributed by atoms with Crippen molar-refractivity contribution < 1.29 is 38.7 Å². The third-order valence-corrected chi connectivity index (χ3v) is 12.4. The van der Waals surface area contributed by atoms with E-state index in [4.69, 9.17) is 39.1 Å². The SMILES string of the molecule is Cc1c(COc2nc(OCc3cc(C#N)cc(C#N)c3)c(CNCCCC(=O)O)cc2Br)cccc1-c1cccc(COc2nc(OCc3cc(C#N)cc(C#N)c3)c(CNCCCC(=O)O)cc2Br)c1C. The first kappa shape index (κ1) is 53.5. The summed E-state index contributed by atoms with van der Waals surface area (Å²) in [7, 11) is 0. The second-order valence-electron chi connectivity index (χ2n) is 16.4. The van der Waals surface area contributed by atoms with Crippen molar-refractivity contribution in [1.29, 1.82) is 21.0 Å². The van der Waals surface area contributed by atoms with Crippen molar-refractivity contribution in [3.05, 3.63) is 161 Å². The molecule has 18 heteroatoms. The molecule has 2 heterocycles. The van der Waals surface area contributed by atoms with Gasteiger partial charge in [-0.05, 0) is 165 Å². The molecule has 2 aromatic heterocycles. The molecule has 4 aromatic carbocycles. The number of benzene rings is 4. The van der Waals surface area contributed by atoms with E-state index in [9.17, 15) is 30.6 Å². The lowest BCUT2D eigenvalue weighted by molar-refractivity contribution is -0.138. The standard InChI is InChI=1S/C54H48Br2N8O8/c1-33-41(31-71-53-47(55)21-43(27-61-13-5-11-49(65)66)51(63-53)69-29-39-17-35(23-57)15-36(18-39)24-58)7-3-9-45(33)46-10-4-8-42(34(46)2)32-72-54-48(56)22-44(28-62-14-6-12-50(67)68)52(64-54)70-30-40-19-37(25-59)16-38(20-40)26-60/h3-4,7-10,15-22,61-62H,5-6,11-14,27-32H2,1-2H3,(H,65,66)(H,67,68). The van der Waals surface area contributed by atoms with Crippen LogP contribution in [0.25, 0.3) is 11.1 Å². The number of rotatable bonds is 25. The number of hydrogen-bond acceptors (Lipinski definition) is 14. The molecule has 366 valence electrons. The number of hydrogen-bond donors (Lipinski definition) is 4. The molecule has 0 bridgehead atoms. The lowest BCUT2D eigenvalue weighted by atomic mass is 9.92. The maximum absolute atomic E-state index is 11.0. The second-order valence-corrected chi connectivity index (χ2v) is 18.2. The minimum atomic E-state index is -0.875. The molecule has 0 saturated carbocycles. The summed E-state index contributed by atoms with van der Waals surface area (Å²) < 4.78 is 26.3. The Morgan fingerprint density at radius 3 is 1.24 bits per heavy atom. The molecule has 0 unspecified atom stereocenters. The Morgan fingerprint density at radius 1 is 0.528 bits per heavy atom. The van der Waals surface area contributed by atoms with E-state index in [2.05, 4.69) is 66.8 Å². The highest BCUT2D eigenvalue weighted by Crippen LogP contribution is 2.35. The van der Waals surface area contributed by atoms with Gasteiger partial charge in [-0.1, -0.05) is 36.4 Å². The molecule has 16 nitrogen and oxygen atoms in total. The van der Waals surface area contributed by atoms with Gasteiger partial charge in [0.2, 0.25) is 23.5 Å². The molecule has 0 saturated heterocycles. The maximum Gasteiger partial charge on any atom is 0.303 e. The topological polar surface area (TPSA) is 257 Å². The van der Waals surface area contributed by atoms with Crippen LogP contribution in [0.2, 0.25) is 0 Å². The lowest BCUT2D eigenvalue weighted by Gasteiger charge is -2.18. The number of nitrogens with one attached hydrogen (secondary N) is 2. The van der Waals surface area contributed by atoms with Crippen LogP contribution < -0.4 is 29.6 Å². The number of aliphatic carboxylic acids is 2. The van der Waals surface area contributed by atoms with Crippen LogP contribution >= 0.6 is 31.9 Å². The number of nitrogens with zero attached hydrogens (tertiary/aromatic N) is 6. The number of nitriles is 4. The summed E-state index contributed by atoms with van der Waals surface area (Å²) >= 11 is 7.24. The van der Waals surface area contributed by atoms with E-state index in [0.717, 1.165) is 33.4 Å². The van der Waals surface area contributed by atoms with Gasteiger partial charge in [0.25, 0.3) is 0 Å². The Hall–Kier alpha value is -7.84. The number of aromatic nitrogens is 2. The fourth-order valence-corrected chi connectivity index (χ4v) is 8.50. The van der Waals surface area contributed by atoms with Gasteiger partial charge in [-0.3, -0.25) is 9.59 Å². The summed E-state index contributed by atoms with van der Waals surface area (Å²) in [5.74, 6) is -0.668. The molecule has 72 heavy (non-hydrogen) atoms. The monoisotopic (exact) mass is 1090 g/mol. The van der Waals surface area contributed by atoms with Crippen LogP contribution in [0.1, 0.15) is 92.4 Å². The van der Waals surface area contributed by atoms with Crippen LogP contribution in [-0.2, 0) is 49.1 Å². The van der Waals surface area contributed by atoms with Crippen molar-refractivity contribution in [1.82, 2.24) is 20.6 Å². The van der Waals surface area contributed by atoms with Gasteiger partial charge in [-0.25, -0.2) is 0 Å². The summed E-state index contributed by atoms with van der Waals surface area (Å²) in [6, 6.07) is 33.5. The van der Waals surface area contributed by atoms with Crippen molar-refractivity contribution in [2.24, 2.45) is 0 Å². The predicted octanol–water partition coefficient (Wildman–Crippen LogP) is 10.00. The van der Waals surface area contributed by atoms with E-state index in [0.29, 0.717) is 92.5 Å². The molecule has 4 N–H and O–H groups in total. The molecule has 0 atom stereocenters. The zero-order valence-electron chi connectivity index (χ0n) is 39.4. The van der Waals surface area contributed by atoms with E-state index < -0.39 is 11.9 Å². The van der Waals surface area contributed by atoms with Crippen LogP contribution in [0, 0.1) is 59.2 Å². The molecular weight excluding hydrogens is 1050 g/mol. The molecule has 0 aliphatic carbocycles. The predicted molar refractivity (Wildman–Crippen MR) is 271 cm³/mol. The third-order valence-electron chi connectivity index (χ3n) is 11.2. The van der Waals surface area contributed by atoms with Gasteiger partial charge in [-0.15, -0.1) is 0 Å². The van der Waals surface area contributed by atoms with Gasteiger partial charge in [0, 0.05) is 37.1 Å². The Morgan fingerprint density at radius 2 is 0.889 bits per heavy atom. The van der Waals surface area contributed by atoms with Gasteiger partial charge in [0.1, 0.15) is 26.4 Å². The number of halogens is 2. The van der Waals surface area contributed by atoms with E-state index in [-0.39, 0.29) is 62.8 Å². The number of ether oxygens (including phenoxy) is 4. The number of pyridine rings is 2. The Bertz CT molecular complexity index is 2870. The largest absolute Gasteiger partial charge is 0.481 e. The molecule has 0 aliphatic rings. The summed E-state index contributed by atoms with van der Waals surface area (Å²) in [6.07, 6.45) is 0.933. The van der Waals surface area contributed by atoms with Crippen molar-refractivity contribution in [3.8, 4) is 58.9 Å². The van der Waals surface area contributed by atoms with Gasteiger partial charge >= 0.3 is 11.9 Å². The van der Waals surface area contributed by atoms with Gasteiger partial charge in [-0.2, -0.15) is 31.0 Å².